The number of amides is 1. The second-order valence-corrected chi connectivity index (χ2v) is 6.24. The number of imidazole rings is 1. The highest BCUT2D eigenvalue weighted by atomic mass is 35.5. The fraction of sp³-hybridized carbons (Fsp3) is 0.222. The molecule has 0 bridgehead atoms. The molecule has 0 spiro atoms. The topological polar surface area (TPSA) is 49.6 Å². The third kappa shape index (κ3) is 3.08. The van der Waals surface area contributed by atoms with E-state index in [1.807, 2.05) is 38.4 Å². The van der Waals surface area contributed by atoms with Gasteiger partial charge in [0.05, 0.1) is 0 Å². The van der Waals surface area contributed by atoms with Crippen molar-refractivity contribution in [1.82, 2.24) is 14.7 Å². The first-order chi connectivity index (χ1) is 11.5. The monoisotopic (exact) mass is 342 g/mol. The zero-order valence-electron chi connectivity index (χ0n) is 13.9. The van der Waals surface area contributed by atoms with Gasteiger partial charge >= 0.3 is 0 Å². The number of halogens is 1. The van der Waals surface area contributed by atoms with E-state index in [9.17, 15) is 4.79 Å². The van der Waals surface area contributed by atoms with Gasteiger partial charge in [-0.05, 0) is 36.2 Å². The van der Waals surface area contributed by atoms with E-state index in [4.69, 9.17) is 11.6 Å². The van der Waals surface area contributed by atoms with Crippen LogP contribution in [0.4, 0.5) is 5.69 Å². The quantitative estimate of drug-likeness (QED) is 0.791. The number of rotatable bonds is 4. The average molecular weight is 343 g/mol. The van der Waals surface area contributed by atoms with E-state index in [1.165, 1.54) is 5.56 Å². The first kappa shape index (κ1) is 16.3. The van der Waals surface area contributed by atoms with Gasteiger partial charge in [-0.3, -0.25) is 9.20 Å². The number of benzene rings is 1. The number of carbonyl (C=O) groups is 1. The highest BCUT2D eigenvalue weighted by molar-refractivity contribution is 6.32. The van der Waals surface area contributed by atoms with E-state index < -0.39 is 0 Å². The van der Waals surface area contributed by atoms with E-state index in [0.29, 0.717) is 17.9 Å². The average Bonchev–Trinajstić information content (AvgIpc) is 2.88. The number of fused-ring (bicyclic) bond motifs is 1. The molecular formula is C18H19ClN4O. The fourth-order valence-corrected chi connectivity index (χ4v) is 3.03. The first-order valence-electron chi connectivity index (χ1n) is 7.65. The zero-order chi connectivity index (χ0) is 17.3. The number of aromatic nitrogens is 2. The van der Waals surface area contributed by atoms with Gasteiger partial charge in [-0.25, -0.2) is 4.98 Å². The van der Waals surface area contributed by atoms with Crippen molar-refractivity contribution in [2.75, 3.05) is 19.0 Å². The molecule has 0 radical (unpaired) electrons. The van der Waals surface area contributed by atoms with Crippen molar-refractivity contribution in [3.05, 3.63) is 64.6 Å². The lowest BCUT2D eigenvalue weighted by molar-refractivity contribution is 0.0945. The fourth-order valence-electron chi connectivity index (χ4n) is 2.77. The Labute approximate surface area is 145 Å². The predicted molar refractivity (Wildman–Crippen MR) is 96.9 cm³/mol. The number of anilines is 1. The van der Waals surface area contributed by atoms with Gasteiger partial charge in [0.15, 0.2) is 10.8 Å². The summed E-state index contributed by atoms with van der Waals surface area (Å²) in [5.74, 6) is -0.243. The van der Waals surface area contributed by atoms with Crippen LogP contribution in [0, 0.1) is 6.92 Å². The molecule has 0 aliphatic heterocycles. The van der Waals surface area contributed by atoms with Gasteiger partial charge < -0.3 is 10.2 Å². The molecule has 0 aliphatic rings. The number of aryl methyl sites for hydroxylation is 1. The lowest BCUT2D eigenvalue weighted by Crippen LogP contribution is -2.24. The largest absolute Gasteiger partial charge is 0.377 e. The van der Waals surface area contributed by atoms with Gasteiger partial charge in [-0.2, -0.15) is 0 Å². The summed E-state index contributed by atoms with van der Waals surface area (Å²) >= 11 is 6.13. The summed E-state index contributed by atoms with van der Waals surface area (Å²) in [5, 5.41) is 3.12. The molecule has 0 saturated heterocycles. The smallest absolute Gasteiger partial charge is 0.271 e. The molecule has 0 unspecified atom stereocenters. The Bertz CT molecular complexity index is 901. The van der Waals surface area contributed by atoms with Crippen LogP contribution in [0.15, 0.2) is 42.6 Å². The molecule has 0 atom stereocenters. The molecule has 6 heteroatoms. The highest BCUT2D eigenvalue weighted by Gasteiger charge is 2.17. The van der Waals surface area contributed by atoms with Gasteiger partial charge in [-0.1, -0.05) is 29.8 Å². The minimum absolute atomic E-state index is 0.206. The van der Waals surface area contributed by atoms with E-state index in [0.717, 1.165) is 11.3 Å². The Kier molecular flexibility index (Phi) is 4.44. The van der Waals surface area contributed by atoms with E-state index in [-0.39, 0.29) is 11.1 Å². The molecule has 1 aromatic carbocycles. The number of carbonyl (C=O) groups excluding carboxylic acids is 1. The first-order valence-corrected chi connectivity index (χ1v) is 8.03. The molecule has 3 rings (SSSR count). The molecule has 2 heterocycles. The van der Waals surface area contributed by atoms with Crippen LogP contribution >= 0.6 is 11.6 Å². The lowest BCUT2D eigenvalue weighted by Gasteiger charge is -2.16. The van der Waals surface area contributed by atoms with Crippen LogP contribution in [-0.2, 0) is 6.54 Å². The molecule has 0 fully saturated rings. The summed E-state index contributed by atoms with van der Waals surface area (Å²) in [6.45, 7) is 2.49. The van der Waals surface area contributed by atoms with Crippen molar-refractivity contribution in [2.45, 2.75) is 13.5 Å². The van der Waals surface area contributed by atoms with E-state index >= 15 is 0 Å². The standard InChI is InChI=1S/C18H19ClN4O/c1-12-10-13(7-8-14(12)22(2)3)11-20-18(24)16-17(19)21-15-6-4-5-9-23(15)16/h4-10H,11H2,1-3H3,(H,20,24). The van der Waals surface area contributed by atoms with Crippen LogP contribution in [0.2, 0.25) is 5.15 Å². The normalized spacial score (nSPS) is 10.8. The van der Waals surface area contributed by atoms with Gasteiger partial charge in [0.2, 0.25) is 0 Å². The maximum Gasteiger partial charge on any atom is 0.271 e. The second kappa shape index (κ2) is 6.53. The number of hydrogen-bond acceptors (Lipinski definition) is 3. The molecule has 1 N–H and O–H groups in total. The molecule has 24 heavy (non-hydrogen) atoms. The van der Waals surface area contributed by atoms with Crippen molar-refractivity contribution >= 4 is 28.8 Å². The van der Waals surface area contributed by atoms with Gasteiger partial charge in [0.25, 0.3) is 5.91 Å². The van der Waals surface area contributed by atoms with Crippen LogP contribution in [0.3, 0.4) is 0 Å². The summed E-state index contributed by atoms with van der Waals surface area (Å²) in [7, 11) is 4.02. The van der Waals surface area contributed by atoms with Crippen molar-refractivity contribution in [3.63, 3.8) is 0 Å². The van der Waals surface area contributed by atoms with Crippen LogP contribution in [0.25, 0.3) is 5.65 Å². The van der Waals surface area contributed by atoms with E-state index in [2.05, 4.69) is 34.3 Å². The summed E-state index contributed by atoms with van der Waals surface area (Å²) < 4.78 is 1.69. The van der Waals surface area contributed by atoms with Gasteiger partial charge in [0.1, 0.15) is 5.65 Å². The van der Waals surface area contributed by atoms with Crippen LogP contribution in [0.5, 0.6) is 0 Å². The molecule has 2 aromatic heterocycles. The lowest BCUT2D eigenvalue weighted by atomic mass is 10.1. The molecular weight excluding hydrogens is 324 g/mol. The zero-order valence-corrected chi connectivity index (χ0v) is 14.6. The van der Waals surface area contributed by atoms with Crippen molar-refractivity contribution in [2.24, 2.45) is 0 Å². The number of nitrogens with one attached hydrogen (secondary N) is 1. The van der Waals surface area contributed by atoms with E-state index in [1.54, 1.807) is 10.6 Å². The predicted octanol–water partition coefficient (Wildman–Crippen LogP) is 3.29. The van der Waals surface area contributed by atoms with Crippen molar-refractivity contribution < 1.29 is 4.79 Å². The Morgan fingerprint density at radius 3 is 2.79 bits per heavy atom. The Morgan fingerprint density at radius 2 is 2.08 bits per heavy atom. The highest BCUT2D eigenvalue weighted by Crippen LogP contribution is 2.20. The number of pyridine rings is 1. The van der Waals surface area contributed by atoms with Gasteiger partial charge in [-0.15, -0.1) is 0 Å². The maximum atomic E-state index is 12.5. The number of nitrogens with zero attached hydrogens (tertiary/aromatic N) is 3. The molecule has 0 aliphatic carbocycles. The molecule has 5 nitrogen and oxygen atoms in total. The van der Waals surface area contributed by atoms with Crippen LogP contribution in [0.1, 0.15) is 21.6 Å². The minimum Gasteiger partial charge on any atom is -0.377 e. The van der Waals surface area contributed by atoms with Gasteiger partial charge in [0, 0.05) is 32.5 Å². The third-order valence-corrected chi connectivity index (χ3v) is 4.16. The molecule has 1 amide bonds. The van der Waals surface area contributed by atoms with Crippen molar-refractivity contribution in [1.29, 1.82) is 0 Å². The Hall–Kier alpha value is -2.53. The van der Waals surface area contributed by atoms with Crippen LogP contribution < -0.4 is 10.2 Å². The summed E-state index contributed by atoms with van der Waals surface area (Å²) in [5.41, 5.74) is 4.37. The molecule has 0 saturated carbocycles. The van der Waals surface area contributed by atoms with Crippen molar-refractivity contribution in [3.8, 4) is 0 Å². The summed E-state index contributed by atoms with van der Waals surface area (Å²) in [4.78, 5) is 18.8. The minimum atomic E-state index is -0.243. The molecule has 3 aromatic rings. The SMILES string of the molecule is Cc1cc(CNC(=O)c2c(Cl)nc3ccccn23)ccc1N(C)C. The Morgan fingerprint density at radius 1 is 1.29 bits per heavy atom. The van der Waals surface area contributed by atoms with Crippen LogP contribution in [-0.4, -0.2) is 29.4 Å². The summed E-state index contributed by atoms with van der Waals surface area (Å²) in [6, 6.07) is 11.6. The second-order valence-electron chi connectivity index (χ2n) is 5.88. The maximum absolute atomic E-state index is 12.5. The number of hydrogen-bond donors (Lipinski definition) is 1. The molecule has 124 valence electrons. The third-order valence-electron chi connectivity index (χ3n) is 3.90. The Balaban J connectivity index is 1.78. The summed E-state index contributed by atoms with van der Waals surface area (Å²) in [6.07, 6.45) is 1.78.